The number of rotatable bonds is 8. The fraction of sp³-hybridized carbons (Fsp3) is 0.500. The number of ketones is 1. The molecule has 0 bridgehead atoms. The van der Waals surface area contributed by atoms with Gasteiger partial charge in [0, 0.05) is 18.2 Å². The number of anilines is 2. The number of hydrogen-bond donors (Lipinski definition) is 3. The van der Waals surface area contributed by atoms with Gasteiger partial charge in [0.1, 0.15) is 22.3 Å². The third-order valence-electron chi connectivity index (χ3n) is 4.99. The van der Waals surface area contributed by atoms with Crippen LogP contribution in [0.2, 0.25) is 0 Å². The lowest BCUT2D eigenvalue weighted by Gasteiger charge is -2.29. The highest BCUT2D eigenvalue weighted by atomic mass is 32.2. The van der Waals surface area contributed by atoms with Crippen molar-refractivity contribution >= 4 is 38.1 Å². The average molecular weight is 473 g/mol. The van der Waals surface area contributed by atoms with Gasteiger partial charge in [-0.15, -0.1) is 0 Å². The summed E-state index contributed by atoms with van der Waals surface area (Å²) in [4.78, 5) is 16.8. The number of benzene rings is 1. The number of nitrogens with one attached hydrogen (secondary N) is 2. The predicted molar refractivity (Wildman–Crippen MR) is 118 cm³/mol. The van der Waals surface area contributed by atoms with E-state index < -0.39 is 27.4 Å². The molecule has 1 saturated carbocycles. The molecule has 7 nitrogen and oxygen atoms in total. The molecule has 11 heteroatoms. The fourth-order valence-corrected chi connectivity index (χ4v) is 6.26. The summed E-state index contributed by atoms with van der Waals surface area (Å²) in [5.74, 6) is -2.22. The average Bonchev–Trinajstić information content (AvgIpc) is 3.01. The first kappa shape index (κ1) is 23.6. The SMILES string of the molecule is CC(C)CS(=O)(=O)NC1CCC(Nc2nc(N)c(C(=O)c3ccc(F)cc3F)s2)CC1. The first-order valence-corrected chi connectivity index (χ1v) is 12.5. The summed E-state index contributed by atoms with van der Waals surface area (Å²) < 4.78 is 54.0. The maximum atomic E-state index is 13.9. The van der Waals surface area contributed by atoms with Gasteiger partial charge >= 0.3 is 0 Å². The van der Waals surface area contributed by atoms with Crippen LogP contribution in [-0.2, 0) is 10.0 Å². The molecule has 4 N–H and O–H groups in total. The van der Waals surface area contributed by atoms with Crippen molar-refractivity contribution in [3.05, 3.63) is 40.3 Å². The Bertz CT molecular complexity index is 1050. The van der Waals surface area contributed by atoms with Gasteiger partial charge in [-0.25, -0.2) is 26.9 Å². The van der Waals surface area contributed by atoms with Crippen LogP contribution in [0.4, 0.5) is 19.7 Å². The monoisotopic (exact) mass is 472 g/mol. The van der Waals surface area contributed by atoms with Crippen molar-refractivity contribution in [2.45, 2.75) is 51.6 Å². The van der Waals surface area contributed by atoms with Crippen LogP contribution >= 0.6 is 11.3 Å². The maximum absolute atomic E-state index is 13.9. The minimum Gasteiger partial charge on any atom is -0.382 e. The van der Waals surface area contributed by atoms with Crippen molar-refractivity contribution in [1.29, 1.82) is 0 Å². The summed E-state index contributed by atoms with van der Waals surface area (Å²) in [6, 6.07) is 2.71. The number of nitrogens with zero attached hydrogens (tertiary/aromatic N) is 1. The molecule has 31 heavy (non-hydrogen) atoms. The van der Waals surface area contributed by atoms with Crippen molar-refractivity contribution in [2.75, 3.05) is 16.8 Å². The summed E-state index contributed by atoms with van der Waals surface area (Å²) in [7, 11) is -3.29. The molecule has 0 amide bonds. The first-order valence-electron chi connectivity index (χ1n) is 10.1. The van der Waals surface area contributed by atoms with E-state index in [9.17, 15) is 22.0 Å². The molecule has 3 rings (SSSR count). The van der Waals surface area contributed by atoms with Crippen LogP contribution in [-0.4, -0.2) is 37.0 Å². The standard InChI is InChI=1S/C20H26F2N4O3S2/c1-11(2)10-31(28,29)26-14-6-4-13(5-7-14)24-20-25-19(23)18(30-20)17(27)15-8-3-12(21)9-16(15)22/h3,8-9,11,13-14,26H,4-7,10,23H2,1-2H3,(H,24,25). The lowest BCUT2D eigenvalue weighted by atomic mass is 9.92. The molecular weight excluding hydrogens is 446 g/mol. The Morgan fingerprint density at radius 1 is 1.23 bits per heavy atom. The number of thiazole rings is 1. The van der Waals surface area contributed by atoms with Crippen LogP contribution in [0.25, 0.3) is 0 Å². The van der Waals surface area contributed by atoms with Crippen LogP contribution < -0.4 is 15.8 Å². The van der Waals surface area contributed by atoms with Crippen LogP contribution in [0.15, 0.2) is 18.2 Å². The normalized spacial score (nSPS) is 19.5. The van der Waals surface area contributed by atoms with E-state index in [0.29, 0.717) is 24.0 Å². The fourth-order valence-electron chi connectivity index (χ4n) is 3.62. The van der Waals surface area contributed by atoms with Gasteiger partial charge in [0.05, 0.1) is 11.3 Å². The number of hydrogen-bond acceptors (Lipinski definition) is 7. The van der Waals surface area contributed by atoms with Gasteiger partial charge in [0.15, 0.2) is 5.13 Å². The molecule has 0 radical (unpaired) electrons. The third kappa shape index (κ3) is 6.20. The van der Waals surface area contributed by atoms with Gasteiger partial charge in [0.25, 0.3) is 0 Å². The largest absolute Gasteiger partial charge is 0.382 e. The van der Waals surface area contributed by atoms with Gasteiger partial charge in [-0.3, -0.25) is 4.79 Å². The molecule has 0 spiro atoms. The van der Waals surface area contributed by atoms with Gasteiger partial charge < -0.3 is 11.1 Å². The Kier molecular flexibility index (Phi) is 7.28. The molecule has 2 aromatic rings. The van der Waals surface area contributed by atoms with Crippen molar-refractivity contribution in [3.8, 4) is 0 Å². The first-order chi connectivity index (χ1) is 14.5. The Labute approximate surface area is 184 Å². The second kappa shape index (κ2) is 9.58. The molecule has 170 valence electrons. The zero-order valence-electron chi connectivity index (χ0n) is 17.3. The van der Waals surface area contributed by atoms with Crippen LogP contribution in [0, 0.1) is 17.6 Å². The summed E-state index contributed by atoms with van der Waals surface area (Å²) >= 11 is 1.02. The van der Waals surface area contributed by atoms with E-state index in [-0.39, 0.29) is 40.0 Å². The molecule has 0 unspecified atom stereocenters. The smallest absolute Gasteiger partial charge is 0.212 e. The minimum atomic E-state index is -3.29. The maximum Gasteiger partial charge on any atom is 0.212 e. The zero-order valence-corrected chi connectivity index (χ0v) is 19.0. The van der Waals surface area contributed by atoms with E-state index in [0.717, 1.165) is 36.3 Å². The van der Waals surface area contributed by atoms with Gasteiger partial charge in [-0.1, -0.05) is 25.2 Å². The van der Waals surface area contributed by atoms with Crippen LogP contribution in [0.3, 0.4) is 0 Å². The molecule has 1 aromatic heterocycles. The molecule has 1 fully saturated rings. The summed E-state index contributed by atoms with van der Waals surface area (Å²) in [6.45, 7) is 3.73. The molecule has 1 aromatic carbocycles. The van der Waals surface area contributed by atoms with E-state index in [1.54, 1.807) is 0 Å². The lowest BCUT2D eigenvalue weighted by Crippen LogP contribution is -2.41. The predicted octanol–water partition coefficient (Wildman–Crippen LogP) is 3.53. The second-order valence-electron chi connectivity index (χ2n) is 8.17. The number of halogens is 2. The molecule has 1 heterocycles. The Hall–Kier alpha value is -2.11. The van der Waals surface area contributed by atoms with E-state index in [2.05, 4.69) is 15.0 Å². The lowest BCUT2D eigenvalue weighted by molar-refractivity contribution is 0.103. The number of nitrogen functional groups attached to an aromatic ring is 1. The van der Waals surface area contributed by atoms with Crippen molar-refractivity contribution in [3.63, 3.8) is 0 Å². The number of carbonyl (C=O) groups excluding carboxylic acids is 1. The van der Waals surface area contributed by atoms with E-state index in [4.69, 9.17) is 5.73 Å². The van der Waals surface area contributed by atoms with Crippen molar-refractivity contribution in [2.24, 2.45) is 5.92 Å². The van der Waals surface area contributed by atoms with Crippen LogP contribution in [0.1, 0.15) is 54.8 Å². The molecule has 0 aliphatic heterocycles. The van der Waals surface area contributed by atoms with Gasteiger partial charge in [-0.05, 0) is 43.7 Å². The van der Waals surface area contributed by atoms with Crippen molar-refractivity contribution < 1.29 is 22.0 Å². The topological polar surface area (TPSA) is 114 Å². The summed E-state index contributed by atoms with van der Waals surface area (Å²) in [6.07, 6.45) is 2.82. The van der Waals surface area contributed by atoms with Crippen LogP contribution in [0.5, 0.6) is 0 Å². The second-order valence-corrected chi connectivity index (χ2v) is 11.0. The summed E-state index contributed by atoms with van der Waals surface area (Å²) in [5, 5.41) is 3.67. The molecule has 0 saturated heterocycles. The van der Waals surface area contributed by atoms with Crippen molar-refractivity contribution in [1.82, 2.24) is 9.71 Å². The molecule has 0 atom stereocenters. The minimum absolute atomic E-state index is 0.0173. The Balaban J connectivity index is 1.59. The highest BCUT2D eigenvalue weighted by Crippen LogP contribution is 2.31. The van der Waals surface area contributed by atoms with Gasteiger partial charge in [0.2, 0.25) is 15.8 Å². The highest BCUT2D eigenvalue weighted by Gasteiger charge is 2.27. The molecule has 1 aliphatic carbocycles. The molecule has 1 aliphatic rings. The number of nitrogens with two attached hydrogens (primary N) is 1. The Morgan fingerprint density at radius 2 is 1.87 bits per heavy atom. The van der Waals surface area contributed by atoms with E-state index in [1.807, 2.05) is 13.8 Å². The third-order valence-corrected chi connectivity index (χ3v) is 7.79. The number of sulfonamides is 1. The van der Waals surface area contributed by atoms with E-state index in [1.165, 1.54) is 0 Å². The highest BCUT2D eigenvalue weighted by molar-refractivity contribution is 7.89. The summed E-state index contributed by atoms with van der Waals surface area (Å²) in [5.41, 5.74) is 5.59. The van der Waals surface area contributed by atoms with Gasteiger partial charge in [-0.2, -0.15) is 0 Å². The number of aromatic nitrogens is 1. The number of carbonyl (C=O) groups is 1. The quantitative estimate of drug-likeness (QED) is 0.507. The Morgan fingerprint density at radius 3 is 2.48 bits per heavy atom. The zero-order chi connectivity index (χ0) is 22.8. The van der Waals surface area contributed by atoms with E-state index >= 15 is 0 Å². The molecular formula is C20H26F2N4O3S2.